The van der Waals surface area contributed by atoms with Crippen molar-refractivity contribution in [3.8, 4) is 16.9 Å². The van der Waals surface area contributed by atoms with Crippen LogP contribution in [0.1, 0.15) is 176 Å². The van der Waals surface area contributed by atoms with E-state index < -0.39 is 51.7 Å². The Morgan fingerprint density at radius 1 is 0.766 bits per heavy atom. The number of methoxy groups -OCH3 is 1. The third-order valence-electron chi connectivity index (χ3n) is 28.4. The zero-order valence-electron chi connectivity index (χ0n) is 56.3. The van der Waals surface area contributed by atoms with E-state index in [0.29, 0.717) is 56.0 Å². The minimum Gasteiger partial charge on any atom is -0.508 e. The predicted octanol–water partition coefficient (Wildman–Crippen LogP) is 17.9. The Balaban J connectivity index is 0.861. The van der Waals surface area contributed by atoms with Crippen molar-refractivity contribution >= 4 is 28.4 Å². The Morgan fingerprint density at radius 2 is 1.52 bits per heavy atom. The summed E-state index contributed by atoms with van der Waals surface area (Å²) in [6.45, 7) is 12.8. The average Bonchev–Trinajstić information content (AvgIpc) is 0.790. The molecule has 14 unspecified atom stereocenters. The maximum absolute atomic E-state index is 14.6. The summed E-state index contributed by atoms with van der Waals surface area (Å²) in [7, 11) is 1.79. The van der Waals surface area contributed by atoms with Crippen LogP contribution in [0.2, 0.25) is 0 Å². The number of fused-ring (bicyclic) bond motifs is 2. The number of phenolic OH excluding ortho intramolecular Hbond substituents is 1. The summed E-state index contributed by atoms with van der Waals surface area (Å²) in [5.41, 5.74) is 14.2. The SMILES string of the molecule is C=C(CCC(C(=O)O)C1C(O)CC2(C3CCC(C(CCc4ccccc4)c4ccc(CCOC)cc4)CC3)C3=C(CCC12C)C12C4C=c5ccc6cccc7c6c5C1C(=CC1(C=CCC(C)(C(O)C4)C12)C3)C=7Cc1cccc(-c2ccc(O)cc2)c1)C(C)C1CCCCC1. The second-order valence-electron chi connectivity index (χ2n) is 32.4. The van der Waals surface area contributed by atoms with Crippen LogP contribution in [0.15, 0.2) is 181 Å². The van der Waals surface area contributed by atoms with Crippen LogP contribution >= 0.6 is 0 Å². The lowest BCUT2D eigenvalue weighted by molar-refractivity contribution is -0.176. The van der Waals surface area contributed by atoms with Crippen molar-refractivity contribution in [3.63, 3.8) is 0 Å². The van der Waals surface area contributed by atoms with Gasteiger partial charge in [-0.2, -0.15) is 0 Å². The van der Waals surface area contributed by atoms with Crippen LogP contribution in [0.4, 0.5) is 0 Å². The lowest BCUT2D eigenvalue weighted by Gasteiger charge is -2.75. The van der Waals surface area contributed by atoms with Crippen molar-refractivity contribution in [2.24, 2.45) is 74.4 Å². The molecule has 10 aliphatic rings. The zero-order chi connectivity index (χ0) is 64.5. The van der Waals surface area contributed by atoms with E-state index in [1.807, 2.05) is 12.1 Å². The van der Waals surface area contributed by atoms with Gasteiger partial charge in [0.15, 0.2) is 0 Å². The van der Waals surface area contributed by atoms with Crippen molar-refractivity contribution < 1.29 is 30.0 Å². The molecule has 16 rings (SSSR count). The molecule has 6 aromatic carbocycles. The molecule has 10 aliphatic carbocycles. The third-order valence-corrected chi connectivity index (χ3v) is 28.4. The fourth-order valence-corrected chi connectivity index (χ4v) is 24.3. The fourth-order valence-electron chi connectivity index (χ4n) is 24.3. The summed E-state index contributed by atoms with van der Waals surface area (Å²) >= 11 is 0. The number of aliphatic hydroxyl groups is 2. The number of aryl methyl sites for hydroxylation is 1. The summed E-state index contributed by atoms with van der Waals surface area (Å²) in [5, 5.41) is 54.5. The highest BCUT2D eigenvalue weighted by molar-refractivity contribution is 5.96. The van der Waals surface area contributed by atoms with Crippen molar-refractivity contribution in [2.75, 3.05) is 13.7 Å². The molecule has 4 fully saturated rings. The molecule has 488 valence electrons. The number of aromatic hydroxyl groups is 1. The number of hydrogen-bond donors (Lipinski definition) is 4. The average molecular weight is 1250 g/mol. The summed E-state index contributed by atoms with van der Waals surface area (Å²) in [5.74, 6) is 0.702. The quantitative estimate of drug-likeness (QED) is 0.0602. The molecule has 0 amide bonds. The molecule has 14 atom stereocenters. The largest absolute Gasteiger partial charge is 0.508 e. The number of benzene rings is 6. The van der Waals surface area contributed by atoms with Gasteiger partial charge < -0.3 is 25.2 Å². The molecule has 0 radical (unpaired) electrons. The summed E-state index contributed by atoms with van der Waals surface area (Å²) < 4.78 is 5.52. The lowest BCUT2D eigenvalue weighted by Crippen LogP contribution is -2.71. The minimum atomic E-state index is -0.775. The fraction of sp³-hybridized carbons (Fsp3) is 0.489. The van der Waals surface area contributed by atoms with Gasteiger partial charge in [-0.1, -0.05) is 209 Å². The number of rotatable bonds is 19. The summed E-state index contributed by atoms with van der Waals surface area (Å²) in [4.78, 5) is 14.6. The predicted molar refractivity (Wildman–Crippen MR) is 379 cm³/mol. The van der Waals surface area contributed by atoms with Crippen LogP contribution in [0, 0.1) is 74.4 Å². The van der Waals surface area contributed by atoms with Gasteiger partial charge >= 0.3 is 5.97 Å². The van der Waals surface area contributed by atoms with Gasteiger partial charge in [-0.15, -0.1) is 0 Å². The van der Waals surface area contributed by atoms with Crippen LogP contribution in [0.5, 0.6) is 5.75 Å². The Morgan fingerprint density at radius 3 is 2.29 bits per heavy atom. The molecule has 2 bridgehead atoms. The second-order valence-corrected chi connectivity index (χ2v) is 32.4. The van der Waals surface area contributed by atoms with Gasteiger partial charge in [0.2, 0.25) is 0 Å². The number of carboxylic acid groups (broad SMARTS) is 1. The maximum atomic E-state index is 14.6. The van der Waals surface area contributed by atoms with Crippen LogP contribution < -0.4 is 10.4 Å². The van der Waals surface area contributed by atoms with Crippen molar-refractivity contribution in [1.82, 2.24) is 0 Å². The number of ether oxygens (including phenoxy) is 1. The Labute approximate surface area is 558 Å². The molecule has 6 aromatic rings. The standard InChI is InChI=1S/C88H100O6/c1-54(55(2)59-18-10-7-11-19-59)23-39-71(82(92)93)80-76(90)53-87(66-35-31-62(32-36-66)69(40-26-56-15-8-6-9-16-56)61-27-24-57(25-28-61)42-46-94-5)75-52-86-44-14-43-84(3)77(91)50-67-49-65-30-29-63-20-13-22-70-72(48-58-17-12-21-64(47-58)60-33-37-68(89)38-34-60)73(51-86)81(79(65)78(63)70)88(67,83(84)86)74(75)41-45-85(80,87)4/h6,8-9,12-17,20-22,24-25,27-30,33-34,37-38,44,47,49,51,55,59,62,66-67,69,71,76-77,80-81,83,89-91H,1,7,10-11,18-19,23,26,31-32,35-36,39-43,45-46,48,50,52-53H2,2-5H3,(H,92,93). The topological polar surface area (TPSA) is 107 Å². The second kappa shape index (κ2) is 23.9. The van der Waals surface area contributed by atoms with Crippen LogP contribution in [0.3, 0.4) is 0 Å². The van der Waals surface area contributed by atoms with Gasteiger partial charge in [-0.25, -0.2) is 0 Å². The van der Waals surface area contributed by atoms with E-state index in [0.717, 1.165) is 88.2 Å². The van der Waals surface area contributed by atoms with E-state index in [1.54, 1.807) is 30.4 Å². The first-order chi connectivity index (χ1) is 45.6. The molecule has 0 saturated heterocycles. The van der Waals surface area contributed by atoms with Gasteiger partial charge in [0.1, 0.15) is 5.75 Å². The van der Waals surface area contributed by atoms with E-state index >= 15 is 0 Å². The molecule has 6 heteroatoms. The lowest BCUT2D eigenvalue weighted by atomic mass is 9.28. The minimum absolute atomic E-state index is 0.0441. The van der Waals surface area contributed by atoms with Crippen molar-refractivity contribution in [2.45, 2.75) is 180 Å². The molecular weight excluding hydrogens is 1150 g/mol. The molecule has 94 heavy (non-hydrogen) atoms. The molecule has 4 N–H and O–H groups in total. The van der Waals surface area contributed by atoms with Crippen LogP contribution in [-0.4, -0.2) is 52.3 Å². The number of hydrogen-bond acceptors (Lipinski definition) is 5. The maximum Gasteiger partial charge on any atom is 0.306 e. The molecule has 1 spiro atoms. The highest BCUT2D eigenvalue weighted by atomic mass is 16.5. The summed E-state index contributed by atoms with van der Waals surface area (Å²) in [6, 6.07) is 49.1. The number of aliphatic carboxylic acids is 1. The van der Waals surface area contributed by atoms with E-state index in [4.69, 9.17) is 11.3 Å². The molecule has 4 saturated carbocycles. The number of carbonyl (C=O) groups is 1. The van der Waals surface area contributed by atoms with Crippen LogP contribution in [0.25, 0.3) is 33.5 Å². The molecule has 0 aliphatic heterocycles. The Bertz CT molecular complexity index is 4160. The zero-order valence-corrected chi connectivity index (χ0v) is 56.3. The highest BCUT2D eigenvalue weighted by Gasteiger charge is 2.78. The monoisotopic (exact) mass is 1250 g/mol. The first-order valence-electron chi connectivity index (χ1n) is 36.8. The normalized spacial score (nSPS) is 33.6. The molecule has 0 heterocycles. The highest BCUT2D eigenvalue weighted by Crippen LogP contribution is 2.84. The summed E-state index contributed by atoms with van der Waals surface area (Å²) in [6.07, 6.45) is 29.6. The number of aliphatic hydroxyl groups excluding tert-OH is 2. The van der Waals surface area contributed by atoms with Crippen molar-refractivity contribution in [1.29, 1.82) is 0 Å². The number of allylic oxidation sites excluding steroid dienone is 7. The molecule has 0 aromatic heterocycles. The van der Waals surface area contributed by atoms with E-state index in [2.05, 4.69) is 154 Å². The first-order valence-corrected chi connectivity index (χ1v) is 36.8. The number of carboxylic acids is 1. The molecular formula is C88H100O6. The Hall–Kier alpha value is -6.57. The van der Waals surface area contributed by atoms with Gasteiger partial charge in [-0.05, 0) is 246 Å². The van der Waals surface area contributed by atoms with Crippen molar-refractivity contribution in [3.05, 3.63) is 219 Å². The van der Waals surface area contributed by atoms with E-state index in [1.165, 1.54) is 97.9 Å². The Kier molecular flexibility index (Phi) is 15.8. The van der Waals surface area contributed by atoms with E-state index in [-0.39, 0.29) is 34.8 Å². The van der Waals surface area contributed by atoms with Gasteiger partial charge in [-0.3, -0.25) is 4.79 Å². The van der Waals surface area contributed by atoms with Gasteiger partial charge in [0.05, 0.1) is 24.7 Å². The van der Waals surface area contributed by atoms with Gasteiger partial charge in [0, 0.05) is 40.6 Å². The smallest absolute Gasteiger partial charge is 0.306 e. The first kappa shape index (κ1) is 62.2. The van der Waals surface area contributed by atoms with Gasteiger partial charge in [0.25, 0.3) is 0 Å². The van der Waals surface area contributed by atoms with E-state index in [9.17, 15) is 25.2 Å². The molecule has 6 nitrogen and oxygen atoms in total. The number of phenols is 1. The third kappa shape index (κ3) is 9.56. The van der Waals surface area contributed by atoms with Crippen LogP contribution in [-0.2, 0) is 28.8 Å².